The highest BCUT2D eigenvalue weighted by molar-refractivity contribution is 5.51. The summed E-state index contributed by atoms with van der Waals surface area (Å²) < 4.78 is 0. The van der Waals surface area contributed by atoms with Crippen LogP contribution in [0.15, 0.2) is 12.1 Å². The van der Waals surface area contributed by atoms with Gasteiger partial charge in [0, 0.05) is 18.8 Å². The molecule has 1 atom stereocenters. The van der Waals surface area contributed by atoms with Crippen molar-refractivity contribution in [3.63, 3.8) is 0 Å². The van der Waals surface area contributed by atoms with Gasteiger partial charge in [-0.3, -0.25) is 4.98 Å². The number of rotatable bonds is 2. The number of aromatic nitrogens is 1. The van der Waals surface area contributed by atoms with E-state index < -0.39 is 0 Å². The van der Waals surface area contributed by atoms with Crippen LogP contribution in [-0.4, -0.2) is 18.1 Å². The zero-order valence-electron chi connectivity index (χ0n) is 9.95. The lowest BCUT2D eigenvalue weighted by Gasteiger charge is -2.20. The van der Waals surface area contributed by atoms with Crippen molar-refractivity contribution in [2.75, 3.05) is 18.0 Å². The van der Waals surface area contributed by atoms with Gasteiger partial charge in [-0.05, 0) is 37.8 Å². The Morgan fingerprint density at radius 3 is 2.80 bits per heavy atom. The molecule has 1 aliphatic heterocycles. The van der Waals surface area contributed by atoms with Crippen molar-refractivity contribution in [3.8, 4) is 0 Å². The van der Waals surface area contributed by atoms with Gasteiger partial charge in [-0.2, -0.15) is 0 Å². The molecule has 1 saturated heterocycles. The van der Waals surface area contributed by atoms with E-state index in [-0.39, 0.29) is 0 Å². The first-order valence-electron chi connectivity index (χ1n) is 5.92. The van der Waals surface area contributed by atoms with E-state index >= 15 is 0 Å². The van der Waals surface area contributed by atoms with Crippen LogP contribution in [-0.2, 0) is 6.42 Å². The highest BCUT2D eigenvalue weighted by Gasteiger charge is 2.20. The highest BCUT2D eigenvalue weighted by atomic mass is 15.2. The summed E-state index contributed by atoms with van der Waals surface area (Å²) in [6.07, 6.45) is 2.34. The number of anilines is 1. The Balaban J connectivity index is 2.21. The lowest BCUT2D eigenvalue weighted by atomic mass is 10.2. The molecule has 1 unspecified atom stereocenters. The van der Waals surface area contributed by atoms with Crippen LogP contribution in [0.25, 0.3) is 0 Å². The second-order valence-corrected chi connectivity index (χ2v) is 4.60. The van der Waals surface area contributed by atoms with Crippen molar-refractivity contribution in [2.45, 2.75) is 33.6 Å². The van der Waals surface area contributed by atoms with E-state index in [1.54, 1.807) is 0 Å². The Hall–Kier alpha value is -1.05. The van der Waals surface area contributed by atoms with E-state index in [1.165, 1.54) is 36.6 Å². The first-order chi connectivity index (χ1) is 7.20. The molecule has 0 aliphatic carbocycles. The van der Waals surface area contributed by atoms with Gasteiger partial charge in [-0.15, -0.1) is 0 Å². The minimum Gasteiger partial charge on any atom is -0.370 e. The molecule has 82 valence electrons. The van der Waals surface area contributed by atoms with Gasteiger partial charge in [0.25, 0.3) is 0 Å². The maximum Gasteiger partial charge on any atom is 0.0609 e. The number of hydrogen-bond acceptors (Lipinski definition) is 2. The summed E-state index contributed by atoms with van der Waals surface area (Å²) in [6, 6.07) is 4.39. The van der Waals surface area contributed by atoms with E-state index in [0.29, 0.717) is 0 Å². The molecule has 2 heterocycles. The van der Waals surface area contributed by atoms with Gasteiger partial charge in [0.05, 0.1) is 11.4 Å². The first kappa shape index (κ1) is 10.5. The second kappa shape index (κ2) is 4.21. The number of hydrogen-bond donors (Lipinski definition) is 0. The van der Waals surface area contributed by atoms with Gasteiger partial charge in [0.1, 0.15) is 0 Å². The van der Waals surface area contributed by atoms with E-state index in [1.807, 2.05) is 0 Å². The second-order valence-electron chi connectivity index (χ2n) is 4.60. The molecule has 0 N–H and O–H groups in total. The Morgan fingerprint density at radius 2 is 2.27 bits per heavy atom. The quantitative estimate of drug-likeness (QED) is 0.736. The fourth-order valence-corrected chi connectivity index (χ4v) is 2.29. The van der Waals surface area contributed by atoms with Gasteiger partial charge in [0.2, 0.25) is 0 Å². The molecule has 1 aromatic rings. The van der Waals surface area contributed by atoms with Crippen molar-refractivity contribution in [2.24, 2.45) is 5.92 Å². The highest BCUT2D eigenvalue weighted by Crippen LogP contribution is 2.25. The first-order valence-corrected chi connectivity index (χ1v) is 5.92. The van der Waals surface area contributed by atoms with Crippen molar-refractivity contribution in [1.29, 1.82) is 0 Å². The molecule has 2 rings (SSSR count). The van der Waals surface area contributed by atoms with Gasteiger partial charge >= 0.3 is 0 Å². The number of nitrogens with zero attached hydrogens (tertiary/aromatic N) is 2. The van der Waals surface area contributed by atoms with E-state index in [2.05, 4.69) is 42.8 Å². The molecule has 2 nitrogen and oxygen atoms in total. The Bertz CT molecular complexity index is 346. The molecule has 1 aliphatic rings. The van der Waals surface area contributed by atoms with Crippen molar-refractivity contribution in [1.82, 2.24) is 4.98 Å². The minimum absolute atomic E-state index is 0.829. The van der Waals surface area contributed by atoms with Crippen LogP contribution in [0.4, 0.5) is 5.69 Å². The van der Waals surface area contributed by atoms with Crippen LogP contribution in [0.3, 0.4) is 0 Å². The molecule has 1 fully saturated rings. The zero-order chi connectivity index (χ0) is 10.8. The third kappa shape index (κ3) is 2.14. The van der Waals surface area contributed by atoms with Crippen molar-refractivity contribution in [3.05, 3.63) is 23.5 Å². The summed E-state index contributed by atoms with van der Waals surface area (Å²) in [5.41, 5.74) is 3.71. The van der Waals surface area contributed by atoms with Crippen LogP contribution in [0.2, 0.25) is 0 Å². The Morgan fingerprint density at radius 1 is 1.47 bits per heavy atom. The standard InChI is InChI=1S/C13H20N2/c1-4-12-5-6-13(11(3)14-12)15-8-7-10(2)9-15/h5-6,10H,4,7-9H2,1-3H3. The Kier molecular flexibility index (Phi) is 2.94. The van der Waals surface area contributed by atoms with Crippen LogP contribution in [0, 0.1) is 12.8 Å². The fourth-order valence-electron chi connectivity index (χ4n) is 2.29. The summed E-state index contributed by atoms with van der Waals surface area (Å²) in [4.78, 5) is 7.08. The lowest BCUT2D eigenvalue weighted by Crippen LogP contribution is -2.20. The van der Waals surface area contributed by atoms with E-state index in [0.717, 1.165) is 12.3 Å². The number of pyridine rings is 1. The maximum absolute atomic E-state index is 4.62. The van der Waals surface area contributed by atoms with Crippen molar-refractivity contribution < 1.29 is 0 Å². The van der Waals surface area contributed by atoms with Crippen LogP contribution >= 0.6 is 0 Å². The van der Waals surface area contributed by atoms with Crippen LogP contribution in [0.5, 0.6) is 0 Å². The van der Waals surface area contributed by atoms with Crippen LogP contribution < -0.4 is 4.90 Å². The topological polar surface area (TPSA) is 16.1 Å². The summed E-state index contributed by atoms with van der Waals surface area (Å²) in [7, 11) is 0. The third-order valence-electron chi connectivity index (χ3n) is 3.24. The zero-order valence-corrected chi connectivity index (χ0v) is 9.95. The molecule has 0 saturated carbocycles. The summed E-state index contributed by atoms with van der Waals surface area (Å²) in [5, 5.41) is 0. The average Bonchev–Trinajstić information content (AvgIpc) is 2.64. The maximum atomic E-state index is 4.62. The number of aryl methyl sites for hydroxylation is 2. The van der Waals surface area contributed by atoms with Gasteiger partial charge in [-0.1, -0.05) is 13.8 Å². The van der Waals surface area contributed by atoms with Gasteiger partial charge < -0.3 is 4.90 Å². The lowest BCUT2D eigenvalue weighted by molar-refractivity contribution is 0.659. The van der Waals surface area contributed by atoms with Crippen LogP contribution in [0.1, 0.15) is 31.7 Å². The molecule has 0 aromatic carbocycles. The van der Waals surface area contributed by atoms with Crippen molar-refractivity contribution >= 4 is 5.69 Å². The molecular formula is C13H20N2. The van der Waals surface area contributed by atoms with E-state index in [9.17, 15) is 0 Å². The monoisotopic (exact) mass is 204 g/mol. The van der Waals surface area contributed by atoms with Gasteiger partial charge in [0.15, 0.2) is 0 Å². The predicted molar refractivity (Wildman–Crippen MR) is 64.3 cm³/mol. The molecule has 15 heavy (non-hydrogen) atoms. The molecule has 0 bridgehead atoms. The normalized spacial score (nSPS) is 21.0. The Labute approximate surface area is 92.3 Å². The molecule has 2 heteroatoms. The molecule has 0 amide bonds. The molecule has 0 radical (unpaired) electrons. The summed E-state index contributed by atoms with van der Waals surface area (Å²) in [5.74, 6) is 0.829. The molecule has 0 spiro atoms. The fraction of sp³-hybridized carbons (Fsp3) is 0.615. The smallest absolute Gasteiger partial charge is 0.0609 e. The minimum atomic E-state index is 0.829. The average molecular weight is 204 g/mol. The van der Waals surface area contributed by atoms with E-state index in [4.69, 9.17) is 0 Å². The molecule has 1 aromatic heterocycles. The largest absolute Gasteiger partial charge is 0.370 e. The SMILES string of the molecule is CCc1ccc(N2CCC(C)C2)c(C)n1. The van der Waals surface area contributed by atoms with Gasteiger partial charge in [-0.25, -0.2) is 0 Å². The third-order valence-corrected chi connectivity index (χ3v) is 3.24. The summed E-state index contributed by atoms with van der Waals surface area (Å²) >= 11 is 0. The summed E-state index contributed by atoms with van der Waals surface area (Å²) in [6.45, 7) is 8.98. The predicted octanol–water partition coefficient (Wildman–Crippen LogP) is 2.80. The molecular weight excluding hydrogens is 184 g/mol.